The molecule has 1 saturated heterocycles. The van der Waals surface area contributed by atoms with E-state index in [1.165, 1.54) is 22.2 Å². The van der Waals surface area contributed by atoms with E-state index in [1.54, 1.807) is 49.0 Å². The SMILES string of the molecule is C=CCn1c(=O)c2cnc(Nc3ccc4c(c3)C3CC4CN3C)nc2n1-c1cccc(C(C)(C)O)n1. The van der Waals surface area contributed by atoms with E-state index in [9.17, 15) is 9.90 Å². The van der Waals surface area contributed by atoms with Gasteiger partial charge in [-0.25, -0.2) is 19.3 Å². The van der Waals surface area contributed by atoms with Gasteiger partial charge in [-0.1, -0.05) is 18.2 Å². The molecule has 0 saturated carbocycles. The van der Waals surface area contributed by atoms with Crippen LogP contribution in [-0.4, -0.2) is 47.9 Å². The number of aliphatic hydroxyl groups is 1. The van der Waals surface area contributed by atoms with Gasteiger partial charge in [0.05, 0.1) is 12.2 Å². The first-order valence-corrected chi connectivity index (χ1v) is 12.2. The molecule has 0 amide bonds. The fraction of sp³-hybridized carbons (Fsp3) is 0.333. The van der Waals surface area contributed by atoms with Crippen molar-refractivity contribution < 1.29 is 5.11 Å². The summed E-state index contributed by atoms with van der Waals surface area (Å²) in [5, 5.41) is 14.2. The molecule has 36 heavy (non-hydrogen) atoms. The summed E-state index contributed by atoms with van der Waals surface area (Å²) in [5.74, 6) is 1.48. The molecule has 2 bridgehead atoms. The van der Waals surface area contributed by atoms with Crippen LogP contribution in [0.2, 0.25) is 0 Å². The Hall–Kier alpha value is -3.82. The number of benzene rings is 1. The summed E-state index contributed by atoms with van der Waals surface area (Å²) < 4.78 is 3.19. The third kappa shape index (κ3) is 3.54. The number of nitrogens with zero attached hydrogens (tertiary/aromatic N) is 6. The lowest BCUT2D eigenvalue weighted by Crippen LogP contribution is -2.23. The molecule has 2 aliphatic rings. The van der Waals surface area contributed by atoms with Gasteiger partial charge in [-0.05, 0) is 68.6 Å². The lowest BCUT2D eigenvalue weighted by molar-refractivity contribution is 0.0738. The fourth-order valence-electron chi connectivity index (χ4n) is 5.52. The minimum atomic E-state index is -1.13. The van der Waals surface area contributed by atoms with E-state index >= 15 is 0 Å². The van der Waals surface area contributed by atoms with Crippen LogP contribution >= 0.6 is 0 Å². The summed E-state index contributed by atoms with van der Waals surface area (Å²) in [5.41, 5.74) is 3.27. The Morgan fingerprint density at radius 3 is 2.83 bits per heavy atom. The molecule has 1 aromatic carbocycles. The molecule has 1 aliphatic carbocycles. The second-order valence-electron chi connectivity index (χ2n) is 10.2. The van der Waals surface area contributed by atoms with E-state index in [2.05, 4.69) is 52.0 Å². The molecule has 2 N–H and O–H groups in total. The second-order valence-corrected chi connectivity index (χ2v) is 10.2. The molecule has 9 heteroatoms. The van der Waals surface area contributed by atoms with E-state index in [4.69, 9.17) is 4.98 Å². The quantitative estimate of drug-likeness (QED) is 0.404. The normalized spacial score (nSPS) is 19.1. The minimum Gasteiger partial charge on any atom is -0.384 e. The van der Waals surface area contributed by atoms with Crippen LogP contribution in [0.5, 0.6) is 0 Å². The lowest BCUT2D eigenvalue weighted by atomic mass is 9.99. The van der Waals surface area contributed by atoms with Crippen LogP contribution in [0.1, 0.15) is 49.0 Å². The Morgan fingerprint density at radius 2 is 2.06 bits per heavy atom. The zero-order valence-electron chi connectivity index (χ0n) is 20.6. The molecule has 2 atom stereocenters. The van der Waals surface area contributed by atoms with E-state index in [0.29, 0.717) is 40.5 Å². The maximum atomic E-state index is 13.2. The number of allylic oxidation sites excluding steroid dienone is 1. The van der Waals surface area contributed by atoms with Crippen molar-refractivity contribution in [1.82, 2.24) is 29.2 Å². The third-order valence-corrected chi connectivity index (χ3v) is 7.25. The van der Waals surface area contributed by atoms with Gasteiger partial charge in [-0.3, -0.25) is 9.69 Å². The average Bonchev–Trinajstić information content (AvgIpc) is 3.48. The Bertz CT molecular complexity index is 1560. The molecular formula is C27H29N7O2. The molecule has 1 aliphatic heterocycles. The van der Waals surface area contributed by atoms with Crippen molar-refractivity contribution in [3.63, 3.8) is 0 Å². The molecule has 3 aromatic heterocycles. The van der Waals surface area contributed by atoms with Gasteiger partial charge in [-0.2, -0.15) is 4.98 Å². The maximum absolute atomic E-state index is 13.2. The number of hydrogen-bond acceptors (Lipinski definition) is 7. The average molecular weight is 484 g/mol. The van der Waals surface area contributed by atoms with Gasteiger partial charge in [0.15, 0.2) is 11.5 Å². The summed E-state index contributed by atoms with van der Waals surface area (Å²) in [6, 6.07) is 12.3. The smallest absolute Gasteiger partial charge is 0.278 e. The summed E-state index contributed by atoms with van der Waals surface area (Å²) >= 11 is 0. The van der Waals surface area contributed by atoms with Crippen molar-refractivity contribution in [2.75, 3.05) is 18.9 Å². The second kappa shape index (κ2) is 8.11. The predicted molar refractivity (Wildman–Crippen MR) is 139 cm³/mol. The molecule has 184 valence electrons. The van der Waals surface area contributed by atoms with Crippen LogP contribution in [0.25, 0.3) is 16.9 Å². The highest BCUT2D eigenvalue weighted by Crippen LogP contribution is 2.50. The standard InChI is InChI=1S/C27H29N7O2/c1-5-11-33-25(35)20-14-28-26(29-17-9-10-18-16-12-21(19(18)13-17)32(4)15-16)31-24(20)34(33)23-8-6-7-22(30-23)27(2,3)36/h5-10,13-14,16,21,36H,1,11-12,15H2,2-4H3,(H,28,29,31). The van der Waals surface area contributed by atoms with Crippen molar-refractivity contribution >= 4 is 22.7 Å². The van der Waals surface area contributed by atoms with E-state index in [0.717, 1.165) is 12.2 Å². The molecule has 4 aromatic rings. The highest BCUT2D eigenvalue weighted by molar-refractivity contribution is 5.77. The highest BCUT2D eigenvalue weighted by Gasteiger charge is 2.40. The van der Waals surface area contributed by atoms with Crippen LogP contribution in [0.4, 0.5) is 11.6 Å². The first-order valence-electron chi connectivity index (χ1n) is 12.2. The Labute approximate surface area is 208 Å². The van der Waals surface area contributed by atoms with Gasteiger partial charge in [0.2, 0.25) is 5.95 Å². The molecule has 1 fully saturated rings. The van der Waals surface area contributed by atoms with Crippen molar-refractivity contribution in [3.05, 3.63) is 82.4 Å². The predicted octanol–water partition coefficient (Wildman–Crippen LogP) is 3.61. The Balaban J connectivity index is 1.44. The van der Waals surface area contributed by atoms with Gasteiger partial charge >= 0.3 is 0 Å². The number of nitrogens with one attached hydrogen (secondary N) is 1. The number of likely N-dealkylation sites (tertiary alicyclic amines) is 1. The number of pyridine rings is 1. The number of anilines is 2. The summed E-state index contributed by atoms with van der Waals surface area (Å²) in [7, 11) is 2.18. The van der Waals surface area contributed by atoms with Crippen molar-refractivity contribution in [2.45, 2.75) is 44.4 Å². The number of likely N-dealkylation sites (N-methyl/N-ethyl adjacent to an activating group) is 1. The van der Waals surface area contributed by atoms with Crippen LogP contribution in [0.15, 0.2) is 60.0 Å². The first-order chi connectivity index (χ1) is 17.2. The van der Waals surface area contributed by atoms with Crippen molar-refractivity contribution in [2.24, 2.45) is 0 Å². The highest BCUT2D eigenvalue weighted by atomic mass is 16.3. The van der Waals surface area contributed by atoms with Crippen LogP contribution in [0.3, 0.4) is 0 Å². The Morgan fingerprint density at radius 1 is 1.22 bits per heavy atom. The van der Waals surface area contributed by atoms with E-state index in [-0.39, 0.29) is 12.1 Å². The molecule has 4 heterocycles. The summed E-state index contributed by atoms with van der Waals surface area (Å²) in [4.78, 5) is 29.4. The van der Waals surface area contributed by atoms with Gasteiger partial charge in [0.25, 0.3) is 5.56 Å². The van der Waals surface area contributed by atoms with Crippen LogP contribution < -0.4 is 10.9 Å². The number of hydrogen-bond donors (Lipinski definition) is 2. The van der Waals surface area contributed by atoms with E-state index < -0.39 is 5.60 Å². The monoisotopic (exact) mass is 483 g/mol. The zero-order valence-corrected chi connectivity index (χ0v) is 20.6. The van der Waals surface area contributed by atoms with Crippen LogP contribution in [0, 0.1) is 0 Å². The largest absolute Gasteiger partial charge is 0.384 e. The minimum absolute atomic E-state index is 0.233. The molecule has 6 rings (SSSR count). The molecule has 9 nitrogen and oxygen atoms in total. The molecule has 2 unspecified atom stereocenters. The van der Waals surface area contributed by atoms with Crippen molar-refractivity contribution in [1.29, 1.82) is 0 Å². The molecular weight excluding hydrogens is 454 g/mol. The van der Waals surface area contributed by atoms with E-state index in [1.807, 2.05) is 0 Å². The van der Waals surface area contributed by atoms with Crippen LogP contribution in [-0.2, 0) is 12.1 Å². The Kier molecular flexibility index (Phi) is 5.10. The summed E-state index contributed by atoms with van der Waals surface area (Å²) in [6.07, 6.45) is 4.38. The third-order valence-electron chi connectivity index (χ3n) is 7.25. The summed E-state index contributed by atoms with van der Waals surface area (Å²) in [6.45, 7) is 8.53. The number of fused-ring (bicyclic) bond motifs is 6. The van der Waals surface area contributed by atoms with Gasteiger partial charge in [-0.15, -0.1) is 6.58 Å². The van der Waals surface area contributed by atoms with Crippen molar-refractivity contribution in [3.8, 4) is 5.82 Å². The maximum Gasteiger partial charge on any atom is 0.278 e. The topological polar surface area (TPSA) is 101 Å². The first kappa shape index (κ1) is 22.6. The molecule has 0 spiro atoms. The van der Waals surface area contributed by atoms with Gasteiger partial charge in [0, 0.05) is 24.5 Å². The van der Waals surface area contributed by atoms with Gasteiger partial charge < -0.3 is 10.4 Å². The lowest BCUT2D eigenvalue weighted by Gasteiger charge is -2.25. The number of rotatable bonds is 6. The fourth-order valence-corrected chi connectivity index (χ4v) is 5.52. The molecule has 0 radical (unpaired) electrons. The zero-order chi connectivity index (χ0) is 25.2. The number of aromatic nitrogens is 5. The van der Waals surface area contributed by atoms with Gasteiger partial charge in [0.1, 0.15) is 11.0 Å².